The Morgan fingerprint density at radius 1 is 1.19 bits per heavy atom. The van der Waals surface area contributed by atoms with Crippen LogP contribution in [0.2, 0.25) is 5.02 Å². The number of hydrogen-bond acceptors (Lipinski definition) is 4. The van der Waals surface area contributed by atoms with E-state index < -0.39 is 12.0 Å². The van der Waals surface area contributed by atoms with Gasteiger partial charge in [-0.15, -0.1) is 0 Å². The lowest BCUT2D eigenvalue weighted by Gasteiger charge is -2.37. The van der Waals surface area contributed by atoms with Gasteiger partial charge in [0, 0.05) is 17.9 Å². The monoisotopic (exact) mass is 457 g/mol. The van der Waals surface area contributed by atoms with Crippen molar-refractivity contribution in [3.8, 4) is 0 Å². The summed E-state index contributed by atoms with van der Waals surface area (Å²) in [6, 6.07) is 13.6. The second kappa shape index (κ2) is 9.94. The summed E-state index contributed by atoms with van der Waals surface area (Å²) in [4.78, 5) is 27.3. The Morgan fingerprint density at radius 2 is 1.94 bits per heavy atom. The summed E-state index contributed by atoms with van der Waals surface area (Å²) in [5, 5.41) is 7.01. The Hall–Kier alpha value is -2.90. The van der Waals surface area contributed by atoms with Gasteiger partial charge in [0.2, 0.25) is 0 Å². The number of benzene rings is 2. The third kappa shape index (κ3) is 4.89. The van der Waals surface area contributed by atoms with Crippen molar-refractivity contribution in [3.05, 3.63) is 76.0 Å². The minimum atomic E-state index is -0.494. The van der Waals surface area contributed by atoms with E-state index in [-0.39, 0.29) is 12.5 Å². The molecule has 0 spiro atoms. The number of allylic oxidation sites excluding steroid dienone is 1. The van der Waals surface area contributed by atoms with Crippen LogP contribution in [0.4, 0.5) is 5.69 Å². The van der Waals surface area contributed by atoms with Crippen LogP contribution in [0.5, 0.6) is 0 Å². The molecule has 1 aliphatic rings. The minimum absolute atomic E-state index is 0.271. The summed E-state index contributed by atoms with van der Waals surface area (Å²) in [5.41, 5.74) is 2.98. The largest absolute Gasteiger partial charge is 0.463 e. The van der Waals surface area contributed by atoms with Crippen LogP contribution in [0, 0.1) is 0 Å². The van der Waals surface area contributed by atoms with Crippen LogP contribution in [0.15, 0.2) is 59.8 Å². The van der Waals surface area contributed by atoms with E-state index in [2.05, 4.69) is 10.6 Å². The molecule has 1 atom stereocenters. The Labute approximate surface area is 192 Å². The molecule has 0 saturated carbocycles. The average Bonchev–Trinajstić information content (AvgIpc) is 2.74. The van der Waals surface area contributed by atoms with E-state index in [1.807, 2.05) is 36.9 Å². The highest BCUT2D eigenvalue weighted by atomic mass is 35.5. The predicted molar refractivity (Wildman–Crippen MR) is 126 cm³/mol. The number of nitrogens with one attached hydrogen (secondary N) is 2. The van der Waals surface area contributed by atoms with E-state index in [1.165, 1.54) is 0 Å². The fraction of sp³-hybridized carbons (Fsp3) is 0.261. The summed E-state index contributed by atoms with van der Waals surface area (Å²) in [7, 11) is 0. The Morgan fingerprint density at radius 3 is 2.61 bits per heavy atom. The molecule has 0 radical (unpaired) electrons. The fourth-order valence-corrected chi connectivity index (χ4v) is 4.13. The third-order valence-corrected chi connectivity index (χ3v) is 5.67. The maximum absolute atomic E-state index is 12.8. The summed E-state index contributed by atoms with van der Waals surface area (Å²) < 4.78 is 5.31. The average molecular weight is 458 g/mol. The van der Waals surface area contributed by atoms with Crippen molar-refractivity contribution in [2.45, 2.75) is 26.8 Å². The van der Waals surface area contributed by atoms with Crippen molar-refractivity contribution in [1.29, 1.82) is 0 Å². The molecule has 1 heterocycles. The number of carbonyl (C=O) groups excluding carboxylic acids is 2. The topological polar surface area (TPSA) is 70.7 Å². The summed E-state index contributed by atoms with van der Waals surface area (Å²) in [5.74, 6) is -0.715. The summed E-state index contributed by atoms with van der Waals surface area (Å²) >= 11 is 11.6. The van der Waals surface area contributed by atoms with Gasteiger partial charge in [-0.1, -0.05) is 35.9 Å². The molecule has 0 fully saturated rings. The molecule has 0 saturated heterocycles. The zero-order chi connectivity index (χ0) is 22.5. The molecular formula is C23H24ClN3O3S. The highest BCUT2D eigenvalue weighted by molar-refractivity contribution is 7.80. The van der Waals surface area contributed by atoms with E-state index in [0.717, 1.165) is 11.3 Å². The van der Waals surface area contributed by atoms with E-state index in [1.54, 1.807) is 37.3 Å². The summed E-state index contributed by atoms with van der Waals surface area (Å²) in [6.45, 7) is 6.49. The smallest absolute Gasteiger partial charge is 0.338 e. The standard InChI is InChI=1S/C23H24ClN3O3S/c1-4-27-14(3)19(22(29)30-5-2)20(26-23(27)31)15-9-8-10-16(13-15)25-21(28)17-11-6-7-12-18(17)24/h6-13,20H,4-5H2,1-3H3,(H,25,28)(H,26,31). The van der Waals surface area contributed by atoms with Gasteiger partial charge in [-0.25, -0.2) is 4.79 Å². The number of hydrogen-bond donors (Lipinski definition) is 2. The maximum atomic E-state index is 12.8. The number of thiocarbonyl (C=S) groups is 1. The number of nitrogens with zero attached hydrogens (tertiary/aromatic N) is 1. The zero-order valence-corrected chi connectivity index (χ0v) is 19.1. The number of anilines is 1. The minimum Gasteiger partial charge on any atom is -0.463 e. The maximum Gasteiger partial charge on any atom is 0.338 e. The SMILES string of the molecule is CCOC(=O)C1=C(C)N(CC)C(=S)NC1c1cccc(NC(=O)c2ccccc2Cl)c1. The second-order valence-corrected chi connectivity index (χ2v) is 7.70. The number of carbonyl (C=O) groups is 2. The van der Waals surface area contributed by atoms with Gasteiger partial charge < -0.3 is 20.3 Å². The van der Waals surface area contributed by atoms with E-state index in [9.17, 15) is 9.59 Å². The molecule has 1 amide bonds. The molecule has 162 valence electrons. The first kappa shape index (κ1) is 22.8. The molecule has 1 unspecified atom stereocenters. The lowest BCUT2D eigenvalue weighted by molar-refractivity contribution is -0.139. The molecule has 6 nitrogen and oxygen atoms in total. The van der Waals surface area contributed by atoms with Crippen molar-refractivity contribution < 1.29 is 14.3 Å². The highest BCUT2D eigenvalue weighted by Crippen LogP contribution is 2.32. The lowest BCUT2D eigenvalue weighted by atomic mass is 9.94. The number of esters is 1. The molecule has 2 N–H and O–H groups in total. The Bertz CT molecular complexity index is 1050. The van der Waals surface area contributed by atoms with Gasteiger partial charge in [-0.05, 0) is 62.8 Å². The molecule has 31 heavy (non-hydrogen) atoms. The van der Waals surface area contributed by atoms with Crippen LogP contribution in [-0.2, 0) is 9.53 Å². The van der Waals surface area contributed by atoms with E-state index in [0.29, 0.717) is 33.5 Å². The number of amides is 1. The first-order valence-corrected chi connectivity index (χ1v) is 10.8. The number of ether oxygens (including phenoxy) is 1. The first-order valence-electron chi connectivity index (χ1n) is 9.99. The second-order valence-electron chi connectivity index (χ2n) is 6.91. The number of rotatable bonds is 6. The molecule has 0 aromatic heterocycles. The van der Waals surface area contributed by atoms with Crippen LogP contribution in [-0.4, -0.2) is 35.0 Å². The van der Waals surface area contributed by atoms with Gasteiger partial charge in [0.25, 0.3) is 5.91 Å². The molecular weight excluding hydrogens is 434 g/mol. The molecule has 2 aromatic rings. The van der Waals surface area contributed by atoms with Crippen LogP contribution >= 0.6 is 23.8 Å². The Balaban J connectivity index is 1.95. The fourth-order valence-electron chi connectivity index (χ4n) is 3.53. The highest BCUT2D eigenvalue weighted by Gasteiger charge is 2.34. The van der Waals surface area contributed by atoms with Crippen LogP contribution < -0.4 is 10.6 Å². The molecule has 3 rings (SSSR count). The quantitative estimate of drug-likeness (QED) is 0.484. The van der Waals surface area contributed by atoms with Gasteiger partial charge in [0.1, 0.15) is 0 Å². The molecule has 8 heteroatoms. The van der Waals surface area contributed by atoms with Crippen molar-refractivity contribution >= 4 is 46.5 Å². The van der Waals surface area contributed by atoms with Crippen molar-refractivity contribution in [3.63, 3.8) is 0 Å². The van der Waals surface area contributed by atoms with Crippen LogP contribution in [0.1, 0.15) is 42.7 Å². The molecule has 0 aliphatic carbocycles. The molecule has 1 aliphatic heterocycles. The first-order chi connectivity index (χ1) is 14.9. The lowest BCUT2D eigenvalue weighted by Crippen LogP contribution is -2.47. The normalized spacial score (nSPS) is 16.1. The van der Waals surface area contributed by atoms with Crippen LogP contribution in [0.3, 0.4) is 0 Å². The third-order valence-electron chi connectivity index (χ3n) is 5.00. The van der Waals surface area contributed by atoms with E-state index >= 15 is 0 Å². The van der Waals surface area contributed by atoms with E-state index in [4.69, 9.17) is 28.6 Å². The van der Waals surface area contributed by atoms with Gasteiger partial charge in [0.05, 0.1) is 28.8 Å². The zero-order valence-electron chi connectivity index (χ0n) is 17.6. The molecule has 2 aromatic carbocycles. The van der Waals surface area contributed by atoms with Gasteiger partial charge >= 0.3 is 5.97 Å². The predicted octanol–water partition coefficient (Wildman–Crippen LogP) is 4.68. The van der Waals surface area contributed by atoms with Gasteiger partial charge in [-0.2, -0.15) is 0 Å². The van der Waals surface area contributed by atoms with Crippen molar-refractivity contribution in [2.75, 3.05) is 18.5 Å². The molecule has 0 bridgehead atoms. The van der Waals surface area contributed by atoms with Crippen LogP contribution in [0.25, 0.3) is 0 Å². The van der Waals surface area contributed by atoms with Gasteiger partial charge in [0.15, 0.2) is 5.11 Å². The van der Waals surface area contributed by atoms with Crippen molar-refractivity contribution in [2.24, 2.45) is 0 Å². The Kier molecular flexibility index (Phi) is 7.30. The van der Waals surface area contributed by atoms with Crippen molar-refractivity contribution in [1.82, 2.24) is 10.2 Å². The summed E-state index contributed by atoms with van der Waals surface area (Å²) in [6.07, 6.45) is 0. The van der Waals surface area contributed by atoms with Gasteiger partial charge in [-0.3, -0.25) is 4.79 Å². The number of halogens is 1.